The number of aliphatic imine (C=N–C) groups is 1. The molecule has 1 unspecified atom stereocenters. The third-order valence-electron chi connectivity index (χ3n) is 7.83. The molecule has 0 radical (unpaired) electrons. The predicted octanol–water partition coefficient (Wildman–Crippen LogP) is 5.63. The van der Waals surface area contributed by atoms with Gasteiger partial charge < -0.3 is 19.9 Å². The molecule has 2 aliphatic rings. The molecule has 0 aliphatic carbocycles. The van der Waals surface area contributed by atoms with Crippen molar-refractivity contribution in [2.24, 2.45) is 4.99 Å². The number of amides is 1. The summed E-state index contributed by atoms with van der Waals surface area (Å²) in [7, 11) is 0. The van der Waals surface area contributed by atoms with Gasteiger partial charge in [-0.05, 0) is 83.2 Å². The monoisotopic (exact) mass is 564 g/mol. The van der Waals surface area contributed by atoms with Crippen molar-refractivity contribution >= 4 is 29.2 Å². The highest BCUT2D eigenvalue weighted by molar-refractivity contribution is 6.29. The van der Waals surface area contributed by atoms with Crippen LogP contribution in [-0.4, -0.2) is 76.1 Å². The van der Waals surface area contributed by atoms with E-state index >= 15 is 0 Å². The minimum Gasteiger partial charge on any atom is -0.462 e. The lowest BCUT2D eigenvalue weighted by Crippen LogP contribution is -2.51. The highest BCUT2D eigenvalue weighted by atomic mass is 35.5. The van der Waals surface area contributed by atoms with Gasteiger partial charge >= 0.3 is 0 Å². The average molecular weight is 565 g/mol. The number of halogens is 1. The molecule has 4 heterocycles. The van der Waals surface area contributed by atoms with Crippen molar-refractivity contribution in [3.8, 4) is 0 Å². The topological polar surface area (TPSA) is 83.0 Å². The minimum atomic E-state index is -0.0912. The van der Waals surface area contributed by atoms with E-state index in [1.54, 1.807) is 18.5 Å². The maximum Gasteiger partial charge on any atom is 0.293 e. The number of rotatable bonds is 9. The number of nitrogens with one attached hydrogen (secondary N) is 1. The fourth-order valence-corrected chi connectivity index (χ4v) is 6.01. The van der Waals surface area contributed by atoms with E-state index in [2.05, 4.69) is 57.2 Å². The van der Waals surface area contributed by atoms with Gasteiger partial charge in [-0.15, -0.1) is 0 Å². The predicted molar refractivity (Wildman–Crippen MR) is 161 cm³/mol. The van der Waals surface area contributed by atoms with Crippen LogP contribution < -0.4 is 5.32 Å². The van der Waals surface area contributed by atoms with Crippen LogP contribution in [-0.2, 0) is 4.74 Å². The molecule has 2 aromatic rings. The summed E-state index contributed by atoms with van der Waals surface area (Å²) in [5.41, 5.74) is 4.15. The molecular formula is C31H41ClN6O2. The minimum absolute atomic E-state index is 0.0912. The summed E-state index contributed by atoms with van der Waals surface area (Å²) in [4.78, 5) is 31.0. The number of pyridine rings is 2. The number of likely N-dealkylation sites (tertiary alicyclic amines) is 1. The number of ether oxygens (including phenoxy) is 1. The van der Waals surface area contributed by atoms with E-state index < -0.39 is 0 Å². The number of allylic oxidation sites excluding steroid dienone is 2. The van der Waals surface area contributed by atoms with Gasteiger partial charge in [0.05, 0.1) is 29.2 Å². The SMILES string of the molecule is C/C=C\C(=C/C)[C@@H]1COC(=Nc2cccnc2)N1C1CCN(C(C)CCNC(=O)c2c(C)cc(Cl)nc2C)CC1. The second kappa shape index (κ2) is 13.9. The molecule has 4 rings (SSSR count). The van der Waals surface area contributed by atoms with Crippen LogP contribution in [0.3, 0.4) is 0 Å². The smallest absolute Gasteiger partial charge is 0.293 e. The van der Waals surface area contributed by atoms with Crippen molar-refractivity contribution in [1.29, 1.82) is 0 Å². The molecule has 0 spiro atoms. The number of nitrogens with zero attached hydrogens (tertiary/aromatic N) is 5. The quantitative estimate of drug-likeness (QED) is 0.314. The summed E-state index contributed by atoms with van der Waals surface area (Å²) in [6, 6.07) is 7.08. The molecule has 0 aromatic carbocycles. The van der Waals surface area contributed by atoms with Crippen LogP contribution in [0.5, 0.6) is 0 Å². The van der Waals surface area contributed by atoms with Gasteiger partial charge in [-0.25, -0.2) is 4.98 Å². The normalized spacial score (nSPS) is 20.8. The van der Waals surface area contributed by atoms with E-state index in [4.69, 9.17) is 21.3 Å². The number of hydrogen-bond donors (Lipinski definition) is 1. The lowest BCUT2D eigenvalue weighted by Gasteiger charge is -2.41. The Morgan fingerprint density at radius 3 is 2.73 bits per heavy atom. The van der Waals surface area contributed by atoms with Gasteiger partial charge in [0.1, 0.15) is 11.8 Å². The summed E-state index contributed by atoms with van der Waals surface area (Å²) >= 11 is 6.03. The molecule has 2 atom stereocenters. The molecule has 214 valence electrons. The summed E-state index contributed by atoms with van der Waals surface area (Å²) in [5.74, 6) is -0.0912. The van der Waals surface area contributed by atoms with Crippen LogP contribution in [0.15, 0.2) is 59.4 Å². The molecule has 2 aliphatic heterocycles. The molecule has 40 heavy (non-hydrogen) atoms. The number of hydrogen-bond acceptors (Lipinski definition) is 6. The molecule has 2 aromatic heterocycles. The summed E-state index contributed by atoms with van der Waals surface area (Å²) in [6.45, 7) is 13.2. The lowest BCUT2D eigenvalue weighted by atomic mass is 9.97. The van der Waals surface area contributed by atoms with Crippen molar-refractivity contribution in [3.05, 3.63) is 76.4 Å². The molecule has 1 N–H and O–H groups in total. The molecule has 2 saturated heterocycles. The number of piperidine rings is 1. The molecule has 8 nitrogen and oxygen atoms in total. The van der Waals surface area contributed by atoms with Crippen molar-refractivity contribution in [2.75, 3.05) is 26.2 Å². The van der Waals surface area contributed by atoms with Gasteiger partial charge in [0, 0.05) is 37.9 Å². The highest BCUT2D eigenvalue weighted by Crippen LogP contribution is 2.30. The Morgan fingerprint density at radius 2 is 2.08 bits per heavy atom. The van der Waals surface area contributed by atoms with Crippen LogP contribution in [0.2, 0.25) is 5.15 Å². The van der Waals surface area contributed by atoms with Crippen LogP contribution in [0.4, 0.5) is 5.69 Å². The van der Waals surface area contributed by atoms with E-state index in [0.717, 1.165) is 43.6 Å². The largest absolute Gasteiger partial charge is 0.462 e. The fourth-order valence-electron chi connectivity index (χ4n) is 5.72. The van der Waals surface area contributed by atoms with E-state index in [1.165, 1.54) is 5.57 Å². The molecule has 0 saturated carbocycles. The fraction of sp³-hybridized carbons (Fsp3) is 0.484. The Labute approximate surface area is 243 Å². The lowest BCUT2D eigenvalue weighted by molar-refractivity contribution is 0.0934. The summed E-state index contributed by atoms with van der Waals surface area (Å²) < 4.78 is 6.18. The maximum atomic E-state index is 12.8. The Morgan fingerprint density at radius 1 is 1.30 bits per heavy atom. The first-order chi connectivity index (χ1) is 19.3. The van der Waals surface area contributed by atoms with E-state index in [-0.39, 0.29) is 11.9 Å². The second-order valence-corrected chi connectivity index (χ2v) is 10.9. The third kappa shape index (κ3) is 7.09. The molecular weight excluding hydrogens is 524 g/mol. The van der Waals surface area contributed by atoms with Crippen molar-refractivity contribution < 1.29 is 9.53 Å². The summed E-state index contributed by atoms with van der Waals surface area (Å²) in [6.07, 6.45) is 12.9. The van der Waals surface area contributed by atoms with Crippen LogP contribution >= 0.6 is 11.6 Å². The first-order valence-corrected chi connectivity index (χ1v) is 14.5. The molecule has 9 heteroatoms. The van der Waals surface area contributed by atoms with E-state index in [0.29, 0.717) is 47.7 Å². The van der Waals surface area contributed by atoms with Gasteiger partial charge in [-0.1, -0.05) is 29.8 Å². The van der Waals surface area contributed by atoms with Gasteiger partial charge in [0.25, 0.3) is 11.9 Å². The molecule has 0 bridgehead atoms. The highest BCUT2D eigenvalue weighted by Gasteiger charge is 2.39. The Bertz CT molecular complexity index is 1230. The van der Waals surface area contributed by atoms with Crippen LogP contribution in [0, 0.1) is 13.8 Å². The number of aromatic nitrogens is 2. The third-order valence-corrected chi connectivity index (χ3v) is 8.03. The maximum absolute atomic E-state index is 12.8. The Hall–Kier alpha value is -3.23. The van der Waals surface area contributed by atoms with Gasteiger partial charge in [-0.3, -0.25) is 9.78 Å². The number of carbonyl (C=O) groups is 1. The first kappa shape index (κ1) is 29.7. The van der Waals surface area contributed by atoms with Crippen molar-refractivity contribution in [2.45, 2.75) is 72.0 Å². The molecule has 1 amide bonds. The molecule has 2 fully saturated rings. The summed E-state index contributed by atoms with van der Waals surface area (Å²) in [5, 5.41) is 3.49. The van der Waals surface area contributed by atoms with Gasteiger partial charge in [0.15, 0.2) is 0 Å². The van der Waals surface area contributed by atoms with Gasteiger partial charge in [0.2, 0.25) is 0 Å². The number of amidine groups is 1. The van der Waals surface area contributed by atoms with Crippen LogP contribution in [0.1, 0.15) is 61.6 Å². The second-order valence-electron chi connectivity index (χ2n) is 10.5. The van der Waals surface area contributed by atoms with Crippen LogP contribution in [0.25, 0.3) is 0 Å². The zero-order valence-corrected chi connectivity index (χ0v) is 25.0. The standard InChI is InChI=1S/C31H41ClN6O2/c1-6-9-24(7-2)27-20-40-31(36-25-10-8-14-33-19-25)38(27)26-12-16-37(17-13-26)22(4)11-15-34-30(39)29-21(3)18-28(32)35-23(29)5/h6-10,14,18-19,22,26-27H,11-13,15-17,20H2,1-5H3,(H,34,39)/b9-6-,24-7+,36-31?/t22?,27-/m0/s1. The number of aryl methyl sites for hydroxylation is 2. The van der Waals surface area contributed by atoms with E-state index in [9.17, 15) is 4.79 Å². The van der Waals surface area contributed by atoms with E-state index in [1.807, 2.05) is 32.9 Å². The zero-order valence-electron chi connectivity index (χ0n) is 24.2. The van der Waals surface area contributed by atoms with Gasteiger partial charge in [-0.2, -0.15) is 4.99 Å². The first-order valence-electron chi connectivity index (χ1n) is 14.2. The van der Waals surface area contributed by atoms with Crippen molar-refractivity contribution in [1.82, 2.24) is 25.1 Å². The Balaban J connectivity index is 1.36. The Kier molecular flexibility index (Phi) is 10.3. The number of carbonyl (C=O) groups excluding carboxylic acids is 1. The zero-order chi connectivity index (χ0) is 28.6. The van der Waals surface area contributed by atoms with Crippen molar-refractivity contribution in [3.63, 3.8) is 0 Å². The average Bonchev–Trinajstić information content (AvgIpc) is 3.34.